The molecule has 0 atom stereocenters. The summed E-state index contributed by atoms with van der Waals surface area (Å²) in [6, 6.07) is 18.8. The monoisotopic (exact) mass is 412 g/mol. The largest absolute Gasteiger partial charge is 0.368 e. The lowest BCUT2D eigenvalue weighted by Gasteiger charge is -2.22. The van der Waals surface area contributed by atoms with Crippen molar-refractivity contribution in [2.45, 2.75) is 44.6 Å². The second kappa shape index (κ2) is 9.35. The van der Waals surface area contributed by atoms with E-state index in [9.17, 15) is 0 Å². The maximum Gasteiger partial charge on any atom is 0.162 e. The van der Waals surface area contributed by atoms with Crippen molar-refractivity contribution < 1.29 is 0 Å². The van der Waals surface area contributed by atoms with Gasteiger partial charge in [-0.25, -0.2) is 9.97 Å². The van der Waals surface area contributed by atoms with E-state index in [1.807, 2.05) is 54.6 Å². The van der Waals surface area contributed by atoms with Gasteiger partial charge in [-0.1, -0.05) is 67.8 Å². The highest BCUT2D eigenvalue weighted by Gasteiger charge is 2.15. The van der Waals surface area contributed by atoms with E-state index in [-0.39, 0.29) is 0 Å². The Morgan fingerprint density at radius 3 is 2.45 bits per heavy atom. The summed E-state index contributed by atoms with van der Waals surface area (Å²) in [4.78, 5) is 9.69. The third-order valence-corrected chi connectivity index (χ3v) is 6.02. The molecule has 1 fully saturated rings. The van der Waals surface area contributed by atoms with Crippen LogP contribution in [0.3, 0.4) is 0 Å². The molecule has 6 nitrogen and oxygen atoms in total. The molecule has 31 heavy (non-hydrogen) atoms. The van der Waals surface area contributed by atoms with Gasteiger partial charge in [0.2, 0.25) is 0 Å². The molecular weight excluding hydrogens is 384 g/mol. The van der Waals surface area contributed by atoms with Crippen molar-refractivity contribution in [2.75, 3.05) is 18.4 Å². The van der Waals surface area contributed by atoms with Gasteiger partial charge in [-0.3, -0.25) is 0 Å². The van der Waals surface area contributed by atoms with Gasteiger partial charge in [0.25, 0.3) is 0 Å². The zero-order valence-corrected chi connectivity index (χ0v) is 17.7. The summed E-state index contributed by atoms with van der Waals surface area (Å²) in [5.74, 6) is 1.45. The number of nitrogens with one attached hydrogen (secondary N) is 2. The van der Waals surface area contributed by atoms with Gasteiger partial charge in [0.05, 0.1) is 5.52 Å². The predicted molar refractivity (Wildman–Crippen MR) is 126 cm³/mol. The molecule has 6 heteroatoms. The van der Waals surface area contributed by atoms with Crippen LogP contribution in [-0.4, -0.2) is 39.3 Å². The van der Waals surface area contributed by atoms with Crippen molar-refractivity contribution in [3.8, 4) is 11.4 Å². The van der Waals surface area contributed by atoms with Gasteiger partial charge in [0.15, 0.2) is 17.2 Å². The van der Waals surface area contributed by atoms with E-state index in [4.69, 9.17) is 9.97 Å². The Labute approximate surface area is 182 Å². The normalized spacial score (nSPS) is 14.8. The van der Waals surface area contributed by atoms with E-state index in [0.29, 0.717) is 11.9 Å². The zero-order chi connectivity index (χ0) is 20.9. The molecule has 0 spiro atoms. The second-order valence-electron chi connectivity index (χ2n) is 8.25. The lowest BCUT2D eigenvalue weighted by molar-refractivity contribution is 0.373. The summed E-state index contributed by atoms with van der Waals surface area (Å²) in [6.45, 7) is 1.84. The summed E-state index contributed by atoms with van der Waals surface area (Å²) in [7, 11) is 0. The highest BCUT2D eigenvalue weighted by Crippen LogP contribution is 2.27. The Bertz CT molecular complexity index is 1150. The molecule has 2 heterocycles. The van der Waals surface area contributed by atoms with E-state index >= 15 is 0 Å². The summed E-state index contributed by atoms with van der Waals surface area (Å²) in [5.41, 5.74) is 3.39. The number of nitrogens with zero attached hydrogens (tertiary/aromatic N) is 4. The topological polar surface area (TPSA) is 75.6 Å². The van der Waals surface area contributed by atoms with Crippen LogP contribution in [0.4, 0.5) is 5.82 Å². The number of hydrogen-bond acceptors (Lipinski definition) is 6. The van der Waals surface area contributed by atoms with Gasteiger partial charge in [0.1, 0.15) is 5.52 Å². The lowest BCUT2D eigenvalue weighted by atomic mass is 9.95. The summed E-state index contributed by atoms with van der Waals surface area (Å²) in [5, 5.41) is 17.1. The van der Waals surface area contributed by atoms with Gasteiger partial charge in [0, 0.05) is 23.5 Å². The van der Waals surface area contributed by atoms with Crippen molar-refractivity contribution in [1.29, 1.82) is 0 Å². The van der Waals surface area contributed by atoms with Gasteiger partial charge in [-0.2, -0.15) is 0 Å². The van der Waals surface area contributed by atoms with Crippen LogP contribution in [0.1, 0.15) is 38.5 Å². The van der Waals surface area contributed by atoms with Gasteiger partial charge < -0.3 is 10.6 Å². The first-order valence-electron chi connectivity index (χ1n) is 11.3. The molecule has 1 aliphatic rings. The molecule has 2 aromatic carbocycles. The lowest BCUT2D eigenvalue weighted by Crippen LogP contribution is -2.32. The van der Waals surface area contributed by atoms with E-state index in [2.05, 4.69) is 20.8 Å². The van der Waals surface area contributed by atoms with E-state index in [1.165, 1.54) is 32.1 Å². The molecule has 0 bridgehead atoms. The van der Waals surface area contributed by atoms with Crippen LogP contribution >= 0.6 is 0 Å². The van der Waals surface area contributed by atoms with Gasteiger partial charge in [-0.05, 0) is 31.9 Å². The Hall–Kier alpha value is -3.12. The van der Waals surface area contributed by atoms with Crippen LogP contribution in [0.2, 0.25) is 0 Å². The third kappa shape index (κ3) is 4.49. The number of fused-ring (bicyclic) bond motifs is 3. The van der Waals surface area contributed by atoms with Gasteiger partial charge in [-0.15, -0.1) is 10.2 Å². The molecule has 2 N–H and O–H groups in total. The fraction of sp³-hybridized carbons (Fsp3) is 0.360. The minimum Gasteiger partial charge on any atom is -0.368 e. The smallest absolute Gasteiger partial charge is 0.162 e. The third-order valence-electron chi connectivity index (χ3n) is 6.02. The van der Waals surface area contributed by atoms with Crippen molar-refractivity contribution in [3.63, 3.8) is 0 Å². The fourth-order valence-electron chi connectivity index (χ4n) is 4.35. The molecule has 1 saturated carbocycles. The first-order valence-corrected chi connectivity index (χ1v) is 11.3. The molecule has 2 aromatic heterocycles. The first kappa shape index (κ1) is 19.8. The molecular formula is C25H28N6. The number of hydrogen-bond donors (Lipinski definition) is 2. The highest BCUT2D eigenvalue weighted by molar-refractivity contribution is 6.04. The van der Waals surface area contributed by atoms with Crippen molar-refractivity contribution in [2.24, 2.45) is 0 Å². The van der Waals surface area contributed by atoms with Crippen molar-refractivity contribution in [1.82, 2.24) is 25.5 Å². The van der Waals surface area contributed by atoms with E-state index in [0.717, 1.165) is 52.8 Å². The molecule has 0 saturated heterocycles. The van der Waals surface area contributed by atoms with Crippen molar-refractivity contribution >= 4 is 27.8 Å². The molecule has 1 aliphatic carbocycles. The number of benzene rings is 2. The Morgan fingerprint density at radius 2 is 1.58 bits per heavy atom. The van der Waals surface area contributed by atoms with Crippen LogP contribution in [-0.2, 0) is 0 Å². The molecule has 5 rings (SSSR count). The number of anilines is 1. The SMILES string of the molecule is c1ccc(-c2nc(NCCCNC3CCCCC3)c3nnc4ccccc4c3n2)cc1. The molecule has 0 amide bonds. The molecule has 0 unspecified atom stereocenters. The molecule has 4 aromatic rings. The number of aromatic nitrogens is 4. The maximum atomic E-state index is 4.87. The molecule has 0 radical (unpaired) electrons. The Kier molecular flexibility index (Phi) is 5.98. The maximum absolute atomic E-state index is 4.87. The Morgan fingerprint density at radius 1 is 0.774 bits per heavy atom. The van der Waals surface area contributed by atoms with Crippen LogP contribution in [0.5, 0.6) is 0 Å². The van der Waals surface area contributed by atoms with E-state index in [1.54, 1.807) is 0 Å². The first-order chi connectivity index (χ1) is 15.4. The number of rotatable bonds is 7. The summed E-state index contributed by atoms with van der Waals surface area (Å²) >= 11 is 0. The molecule has 158 valence electrons. The average Bonchev–Trinajstić information content (AvgIpc) is 2.84. The minimum absolute atomic E-state index is 0.690. The van der Waals surface area contributed by atoms with Crippen LogP contribution in [0.15, 0.2) is 54.6 Å². The zero-order valence-electron chi connectivity index (χ0n) is 17.7. The fourth-order valence-corrected chi connectivity index (χ4v) is 4.35. The highest BCUT2D eigenvalue weighted by atomic mass is 15.1. The summed E-state index contributed by atoms with van der Waals surface area (Å²) < 4.78 is 0. The standard InChI is InChI=1S/C25H28N6/c1-3-10-18(11-4-1)24-28-22-20-14-7-8-15-21(20)30-31-23(22)25(29-24)27-17-9-16-26-19-12-5-2-6-13-19/h1,3-4,7-8,10-11,14-15,19,26H,2,5-6,9,12-13,16-17H2,(H,27,28,29). The Balaban J connectivity index is 1.40. The van der Waals surface area contributed by atoms with E-state index < -0.39 is 0 Å². The van der Waals surface area contributed by atoms with Gasteiger partial charge >= 0.3 is 0 Å². The molecule has 0 aliphatic heterocycles. The van der Waals surface area contributed by atoms with Crippen LogP contribution in [0.25, 0.3) is 33.3 Å². The van der Waals surface area contributed by atoms with Crippen LogP contribution in [0, 0.1) is 0 Å². The minimum atomic E-state index is 0.690. The summed E-state index contributed by atoms with van der Waals surface area (Å²) in [6.07, 6.45) is 7.76. The predicted octanol–water partition coefficient (Wildman–Crippen LogP) is 4.96. The quantitative estimate of drug-likeness (QED) is 0.330. The second-order valence-corrected chi connectivity index (χ2v) is 8.25. The average molecular weight is 413 g/mol. The van der Waals surface area contributed by atoms with Crippen molar-refractivity contribution in [3.05, 3.63) is 54.6 Å². The van der Waals surface area contributed by atoms with Crippen LogP contribution < -0.4 is 10.6 Å².